The average molecular weight is 322 g/mol. The summed E-state index contributed by atoms with van der Waals surface area (Å²) in [7, 11) is 0. The van der Waals surface area contributed by atoms with Gasteiger partial charge in [0.2, 0.25) is 11.8 Å². The van der Waals surface area contributed by atoms with Gasteiger partial charge in [-0.25, -0.2) is 0 Å². The van der Waals surface area contributed by atoms with Crippen molar-refractivity contribution in [3.05, 3.63) is 66.2 Å². The summed E-state index contributed by atoms with van der Waals surface area (Å²) >= 11 is 0. The monoisotopic (exact) mass is 322 g/mol. The number of anilines is 1. The Morgan fingerprint density at radius 1 is 1.04 bits per heavy atom. The quantitative estimate of drug-likeness (QED) is 0.832. The Kier molecular flexibility index (Phi) is 5.26. The van der Waals surface area contributed by atoms with Gasteiger partial charge in [0.1, 0.15) is 0 Å². The van der Waals surface area contributed by atoms with Crippen LogP contribution in [0.3, 0.4) is 0 Å². The van der Waals surface area contributed by atoms with E-state index in [0.717, 1.165) is 18.5 Å². The van der Waals surface area contributed by atoms with E-state index in [2.05, 4.69) is 17.4 Å². The summed E-state index contributed by atoms with van der Waals surface area (Å²) < 4.78 is 0. The van der Waals surface area contributed by atoms with Crippen molar-refractivity contribution < 1.29 is 9.59 Å². The van der Waals surface area contributed by atoms with Gasteiger partial charge in [-0.3, -0.25) is 9.59 Å². The van der Waals surface area contributed by atoms with Crippen molar-refractivity contribution in [2.75, 3.05) is 18.0 Å². The summed E-state index contributed by atoms with van der Waals surface area (Å²) in [6.07, 6.45) is 2.14. The van der Waals surface area contributed by atoms with Gasteiger partial charge in [-0.1, -0.05) is 48.5 Å². The second-order valence-corrected chi connectivity index (χ2v) is 6.12. The molecule has 2 aromatic rings. The molecule has 0 aromatic heterocycles. The van der Waals surface area contributed by atoms with E-state index in [9.17, 15) is 9.59 Å². The van der Waals surface area contributed by atoms with Gasteiger partial charge in [0.15, 0.2) is 0 Å². The summed E-state index contributed by atoms with van der Waals surface area (Å²) in [6, 6.07) is 19.8. The van der Waals surface area contributed by atoms with E-state index in [1.165, 1.54) is 5.56 Å². The Morgan fingerprint density at radius 2 is 1.71 bits per heavy atom. The smallest absolute Gasteiger partial charge is 0.227 e. The highest BCUT2D eigenvalue weighted by Gasteiger charge is 2.34. The molecule has 4 heteroatoms. The molecule has 2 amide bonds. The largest absolute Gasteiger partial charge is 0.356 e. The molecule has 1 N–H and O–H groups in total. The summed E-state index contributed by atoms with van der Waals surface area (Å²) in [5.74, 6) is -0.255. The van der Waals surface area contributed by atoms with Crippen LogP contribution in [0.2, 0.25) is 0 Å². The molecule has 0 spiro atoms. The number of nitrogens with one attached hydrogen (secondary N) is 1. The standard InChI is InChI=1S/C20H22N2O2/c23-19-14-17(15-22(19)18-11-5-2-6-12-18)20(24)21-13-7-10-16-8-3-1-4-9-16/h1-6,8-9,11-12,17H,7,10,13-15H2,(H,21,24)/t17-/m0/s1. The van der Waals surface area contributed by atoms with Crippen LogP contribution in [0.25, 0.3) is 0 Å². The SMILES string of the molecule is O=C(NCCCc1ccccc1)[C@H]1CC(=O)N(c2ccccc2)C1. The molecule has 0 saturated carbocycles. The van der Waals surface area contributed by atoms with Crippen LogP contribution in [0.15, 0.2) is 60.7 Å². The molecule has 0 bridgehead atoms. The van der Waals surface area contributed by atoms with Crippen LogP contribution in [0.5, 0.6) is 0 Å². The van der Waals surface area contributed by atoms with Crippen molar-refractivity contribution in [3.8, 4) is 0 Å². The lowest BCUT2D eigenvalue weighted by atomic mass is 10.1. The lowest BCUT2D eigenvalue weighted by molar-refractivity contribution is -0.126. The summed E-state index contributed by atoms with van der Waals surface area (Å²) in [5, 5.41) is 2.97. The van der Waals surface area contributed by atoms with Crippen LogP contribution in [0, 0.1) is 5.92 Å². The number of nitrogens with zero attached hydrogens (tertiary/aromatic N) is 1. The van der Waals surface area contributed by atoms with Crippen molar-refractivity contribution in [1.82, 2.24) is 5.32 Å². The zero-order chi connectivity index (χ0) is 16.8. The first-order chi connectivity index (χ1) is 11.7. The molecule has 0 radical (unpaired) electrons. The number of aryl methyl sites for hydroxylation is 1. The number of amides is 2. The molecule has 0 aliphatic carbocycles. The summed E-state index contributed by atoms with van der Waals surface area (Å²) in [5.41, 5.74) is 2.14. The van der Waals surface area contributed by atoms with Gasteiger partial charge >= 0.3 is 0 Å². The predicted molar refractivity (Wildman–Crippen MR) is 94.7 cm³/mol. The molecule has 1 fully saturated rings. The molecular weight excluding hydrogens is 300 g/mol. The third kappa shape index (κ3) is 4.02. The highest BCUT2D eigenvalue weighted by atomic mass is 16.2. The molecule has 3 rings (SSSR count). The molecule has 24 heavy (non-hydrogen) atoms. The highest BCUT2D eigenvalue weighted by molar-refractivity contribution is 6.00. The first kappa shape index (κ1) is 16.2. The number of hydrogen-bond acceptors (Lipinski definition) is 2. The minimum absolute atomic E-state index is 0.0187. The maximum atomic E-state index is 12.3. The Balaban J connectivity index is 1.45. The average Bonchev–Trinajstić information content (AvgIpc) is 3.02. The van der Waals surface area contributed by atoms with Gasteiger partial charge in [0.05, 0.1) is 5.92 Å². The van der Waals surface area contributed by atoms with Crippen LogP contribution >= 0.6 is 0 Å². The Hall–Kier alpha value is -2.62. The third-order valence-corrected chi connectivity index (χ3v) is 4.35. The number of hydrogen-bond donors (Lipinski definition) is 1. The number of benzene rings is 2. The zero-order valence-corrected chi connectivity index (χ0v) is 13.7. The molecule has 1 aliphatic heterocycles. The lowest BCUT2D eigenvalue weighted by Crippen LogP contribution is -2.33. The van der Waals surface area contributed by atoms with E-state index in [0.29, 0.717) is 19.5 Å². The normalized spacial score (nSPS) is 17.1. The van der Waals surface area contributed by atoms with Crippen LogP contribution < -0.4 is 10.2 Å². The lowest BCUT2D eigenvalue weighted by Gasteiger charge is -2.16. The van der Waals surface area contributed by atoms with Crippen molar-refractivity contribution in [1.29, 1.82) is 0 Å². The highest BCUT2D eigenvalue weighted by Crippen LogP contribution is 2.24. The maximum Gasteiger partial charge on any atom is 0.227 e. The fraction of sp³-hybridized carbons (Fsp3) is 0.300. The van der Waals surface area contributed by atoms with Crippen LogP contribution in [0.1, 0.15) is 18.4 Å². The van der Waals surface area contributed by atoms with E-state index in [1.807, 2.05) is 48.5 Å². The van der Waals surface area contributed by atoms with E-state index in [-0.39, 0.29) is 17.7 Å². The van der Waals surface area contributed by atoms with E-state index in [4.69, 9.17) is 0 Å². The Bertz CT molecular complexity index is 685. The van der Waals surface area contributed by atoms with Crippen LogP contribution in [-0.4, -0.2) is 24.9 Å². The van der Waals surface area contributed by atoms with Gasteiger partial charge in [0, 0.05) is 25.2 Å². The molecular formula is C20H22N2O2. The van der Waals surface area contributed by atoms with Crippen molar-refractivity contribution in [3.63, 3.8) is 0 Å². The van der Waals surface area contributed by atoms with Crippen LogP contribution in [-0.2, 0) is 16.0 Å². The zero-order valence-electron chi connectivity index (χ0n) is 13.7. The summed E-state index contributed by atoms with van der Waals surface area (Å²) in [6.45, 7) is 1.11. The molecule has 1 saturated heterocycles. The second-order valence-electron chi connectivity index (χ2n) is 6.12. The first-order valence-electron chi connectivity index (χ1n) is 8.41. The van der Waals surface area contributed by atoms with Gasteiger partial charge in [-0.2, -0.15) is 0 Å². The van der Waals surface area contributed by atoms with Gasteiger partial charge in [-0.05, 0) is 30.5 Å². The summed E-state index contributed by atoms with van der Waals surface area (Å²) in [4.78, 5) is 26.1. The van der Waals surface area contributed by atoms with Crippen molar-refractivity contribution in [2.45, 2.75) is 19.3 Å². The van der Waals surface area contributed by atoms with Gasteiger partial charge < -0.3 is 10.2 Å². The number of carbonyl (C=O) groups is 2. The predicted octanol–water partition coefficient (Wildman–Crippen LogP) is 2.79. The Labute approximate surface area is 142 Å². The maximum absolute atomic E-state index is 12.3. The minimum Gasteiger partial charge on any atom is -0.356 e. The molecule has 2 aromatic carbocycles. The first-order valence-corrected chi connectivity index (χ1v) is 8.41. The molecule has 124 valence electrons. The topological polar surface area (TPSA) is 49.4 Å². The van der Waals surface area contributed by atoms with Crippen molar-refractivity contribution >= 4 is 17.5 Å². The van der Waals surface area contributed by atoms with Crippen LogP contribution in [0.4, 0.5) is 5.69 Å². The Morgan fingerprint density at radius 3 is 2.42 bits per heavy atom. The minimum atomic E-state index is -0.255. The molecule has 1 atom stereocenters. The second kappa shape index (κ2) is 7.77. The van der Waals surface area contributed by atoms with E-state index >= 15 is 0 Å². The number of carbonyl (C=O) groups excluding carboxylic acids is 2. The van der Waals surface area contributed by atoms with E-state index in [1.54, 1.807) is 4.90 Å². The van der Waals surface area contributed by atoms with Crippen molar-refractivity contribution in [2.24, 2.45) is 5.92 Å². The molecule has 1 heterocycles. The molecule has 1 aliphatic rings. The molecule has 0 unspecified atom stereocenters. The number of para-hydroxylation sites is 1. The van der Waals surface area contributed by atoms with Gasteiger partial charge in [0.25, 0.3) is 0 Å². The fourth-order valence-corrected chi connectivity index (χ4v) is 3.03. The number of rotatable bonds is 6. The third-order valence-electron chi connectivity index (χ3n) is 4.35. The fourth-order valence-electron chi connectivity index (χ4n) is 3.03. The van der Waals surface area contributed by atoms with Gasteiger partial charge in [-0.15, -0.1) is 0 Å². The van der Waals surface area contributed by atoms with E-state index < -0.39 is 0 Å². The molecule has 4 nitrogen and oxygen atoms in total.